The molecule has 0 saturated carbocycles. The largest absolute Gasteiger partial charge is 0.466 e. The first-order valence-electron chi connectivity index (χ1n) is 6.20. The maximum Gasteiger partial charge on any atom is 0.330 e. The fraction of sp³-hybridized carbons (Fsp3) is 0.769. The van der Waals surface area contributed by atoms with E-state index in [0.717, 1.165) is 37.9 Å². The van der Waals surface area contributed by atoms with Crippen LogP contribution >= 0.6 is 0 Å². The maximum atomic E-state index is 11.0. The molecule has 0 aromatic rings. The molecule has 1 rings (SSSR count). The summed E-state index contributed by atoms with van der Waals surface area (Å²) in [6.45, 7) is 3.41. The van der Waals surface area contributed by atoms with Gasteiger partial charge in [-0.3, -0.25) is 0 Å². The molecule has 0 aromatic carbocycles. The molecule has 0 N–H and O–H groups in total. The first-order valence-corrected chi connectivity index (χ1v) is 6.20. The van der Waals surface area contributed by atoms with Crippen LogP contribution in [0.2, 0.25) is 0 Å². The highest BCUT2D eigenvalue weighted by Gasteiger charge is 2.13. The second-order valence-electron chi connectivity index (χ2n) is 4.28. The van der Waals surface area contributed by atoms with Gasteiger partial charge in [0, 0.05) is 12.7 Å². The molecule has 1 unspecified atom stereocenters. The van der Waals surface area contributed by atoms with Gasteiger partial charge in [0.25, 0.3) is 0 Å². The molecule has 0 bridgehead atoms. The molecule has 98 valence electrons. The van der Waals surface area contributed by atoms with Crippen LogP contribution in [0.1, 0.15) is 39.0 Å². The number of esters is 1. The average molecular weight is 242 g/mol. The third kappa shape index (κ3) is 6.44. The molecule has 0 amide bonds. The van der Waals surface area contributed by atoms with Gasteiger partial charge < -0.3 is 14.2 Å². The number of allylic oxidation sites excluding steroid dienone is 1. The first-order chi connectivity index (χ1) is 8.22. The van der Waals surface area contributed by atoms with E-state index in [1.54, 1.807) is 0 Å². The van der Waals surface area contributed by atoms with Crippen molar-refractivity contribution in [3.8, 4) is 0 Å². The first kappa shape index (κ1) is 14.2. The van der Waals surface area contributed by atoms with E-state index in [9.17, 15) is 4.79 Å². The van der Waals surface area contributed by atoms with Gasteiger partial charge >= 0.3 is 5.97 Å². The summed E-state index contributed by atoms with van der Waals surface area (Å²) >= 11 is 0. The van der Waals surface area contributed by atoms with Crippen LogP contribution in [0.25, 0.3) is 0 Å². The standard InChI is InChI=1S/C13H22O4/c1-11(10-12(14)15-2)6-5-9-17-13-7-3-4-8-16-13/h10,13H,3-9H2,1-2H3/b11-10+. The van der Waals surface area contributed by atoms with E-state index in [0.29, 0.717) is 6.61 Å². The molecule has 4 nitrogen and oxygen atoms in total. The summed E-state index contributed by atoms with van der Waals surface area (Å²) < 4.78 is 15.6. The van der Waals surface area contributed by atoms with Gasteiger partial charge in [-0.25, -0.2) is 4.79 Å². The van der Waals surface area contributed by atoms with E-state index in [1.807, 2.05) is 6.92 Å². The minimum Gasteiger partial charge on any atom is -0.466 e. The molecule has 17 heavy (non-hydrogen) atoms. The number of rotatable bonds is 6. The van der Waals surface area contributed by atoms with Crippen molar-refractivity contribution in [1.82, 2.24) is 0 Å². The lowest BCUT2D eigenvalue weighted by Crippen LogP contribution is -2.22. The quantitative estimate of drug-likeness (QED) is 0.407. The molecule has 1 aliphatic rings. The van der Waals surface area contributed by atoms with Crippen LogP contribution in [0.15, 0.2) is 11.6 Å². The van der Waals surface area contributed by atoms with Gasteiger partial charge in [-0.15, -0.1) is 0 Å². The summed E-state index contributed by atoms with van der Waals surface area (Å²) in [6, 6.07) is 0. The Labute approximate surface area is 103 Å². The number of hydrogen-bond acceptors (Lipinski definition) is 4. The summed E-state index contributed by atoms with van der Waals surface area (Å²) in [7, 11) is 1.38. The highest BCUT2D eigenvalue weighted by atomic mass is 16.7. The molecule has 0 spiro atoms. The summed E-state index contributed by atoms with van der Waals surface area (Å²) in [5.41, 5.74) is 1.02. The van der Waals surface area contributed by atoms with Gasteiger partial charge in [0.05, 0.1) is 13.7 Å². The van der Waals surface area contributed by atoms with Gasteiger partial charge in [-0.2, -0.15) is 0 Å². The van der Waals surface area contributed by atoms with Crippen LogP contribution < -0.4 is 0 Å². The smallest absolute Gasteiger partial charge is 0.330 e. The topological polar surface area (TPSA) is 44.8 Å². The van der Waals surface area contributed by atoms with Crippen molar-refractivity contribution in [3.05, 3.63) is 11.6 Å². The van der Waals surface area contributed by atoms with E-state index in [1.165, 1.54) is 19.6 Å². The van der Waals surface area contributed by atoms with Gasteiger partial charge in [-0.1, -0.05) is 5.57 Å². The van der Waals surface area contributed by atoms with Crippen molar-refractivity contribution in [2.24, 2.45) is 0 Å². The number of methoxy groups -OCH3 is 1. The molecule has 0 aliphatic carbocycles. The second-order valence-corrected chi connectivity index (χ2v) is 4.28. The molecule has 1 atom stereocenters. The van der Waals surface area contributed by atoms with Crippen LogP contribution in [0.5, 0.6) is 0 Å². The van der Waals surface area contributed by atoms with Crippen molar-refractivity contribution < 1.29 is 19.0 Å². The molecule has 1 aliphatic heterocycles. The lowest BCUT2D eigenvalue weighted by Gasteiger charge is -2.22. The van der Waals surface area contributed by atoms with Crippen LogP contribution in [-0.2, 0) is 19.0 Å². The molecule has 0 aromatic heterocycles. The summed E-state index contributed by atoms with van der Waals surface area (Å²) in [6.07, 6.45) is 6.58. The SMILES string of the molecule is COC(=O)/C=C(\C)CCCOC1CCCCO1. The zero-order valence-electron chi connectivity index (χ0n) is 10.7. The average Bonchev–Trinajstić information content (AvgIpc) is 2.36. The highest BCUT2D eigenvalue weighted by molar-refractivity contribution is 5.82. The predicted molar refractivity (Wildman–Crippen MR) is 64.6 cm³/mol. The van der Waals surface area contributed by atoms with Gasteiger partial charge in [0.2, 0.25) is 0 Å². The van der Waals surface area contributed by atoms with E-state index < -0.39 is 0 Å². The Hall–Kier alpha value is -0.870. The maximum absolute atomic E-state index is 11.0. The summed E-state index contributed by atoms with van der Waals surface area (Å²) in [4.78, 5) is 11.0. The van der Waals surface area contributed by atoms with Crippen LogP contribution in [-0.4, -0.2) is 32.6 Å². The fourth-order valence-electron chi connectivity index (χ4n) is 1.74. The van der Waals surface area contributed by atoms with Crippen molar-refractivity contribution in [2.75, 3.05) is 20.3 Å². The van der Waals surface area contributed by atoms with Crippen LogP contribution in [0.3, 0.4) is 0 Å². The molecule has 4 heteroatoms. The number of carbonyl (C=O) groups excluding carboxylic acids is 1. The zero-order valence-corrected chi connectivity index (χ0v) is 10.7. The lowest BCUT2D eigenvalue weighted by molar-refractivity contribution is -0.162. The van der Waals surface area contributed by atoms with E-state index in [-0.39, 0.29) is 12.3 Å². The summed E-state index contributed by atoms with van der Waals surface area (Å²) in [5.74, 6) is -0.293. The lowest BCUT2D eigenvalue weighted by atomic mass is 10.1. The Morgan fingerprint density at radius 1 is 1.47 bits per heavy atom. The molecular weight excluding hydrogens is 220 g/mol. The van der Waals surface area contributed by atoms with Gasteiger partial charge in [0.15, 0.2) is 6.29 Å². The van der Waals surface area contributed by atoms with E-state index >= 15 is 0 Å². The molecule has 1 heterocycles. The molecule has 0 radical (unpaired) electrons. The number of carbonyl (C=O) groups is 1. The predicted octanol–water partition coefficient (Wildman–Crippen LogP) is 2.43. The third-order valence-corrected chi connectivity index (χ3v) is 2.72. The Morgan fingerprint density at radius 3 is 2.94 bits per heavy atom. The van der Waals surface area contributed by atoms with Crippen molar-refractivity contribution in [2.45, 2.75) is 45.3 Å². The van der Waals surface area contributed by atoms with Crippen LogP contribution in [0, 0.1) is 0 Å². The molecule has 1 saturated heterocycles. The number of ether oxygens (including phenoxy) is 3. The normalized spacial score (nSPS) is 21.3. The molecular formula is C13H22O4. The van der Waals surface area contributed by atoms with Crippen molar-refractivity contribution in [3.63, 3.8) is 0 Å². The Bertz CT molecular complexity index is 254. The van der Waals surface area contributed by atoms with Crippen LogP contribution in [0.4, 0.5) is 0 Å². The van der Waals surface area contributed by atoms with Gasteiger partial charge in [-0.05, 0) is 39.0 Å². The van der Waals surface area contributed by atoms with E-state index in [4.69, 9.17) is 9.47 Å². The Morgan fingerprint density at radius 2 is 2.29 bits per heavy atom. The zero-order chi connectivity index (χ0) is 12.5. The van der Waals surface area contributed by atoms with Crippen molar-refractivity contribution in [1.29, 1.82) is 0 Å². The monoisotopic (exact) mass is 242 g/mol. The van der Waals surface area contributed by atoms with Gasteiger partial charge in [0.1, 0.15) is 0 Å². The fourth-order valence-corrected chi connectivity index (χ4v) is 1.74. The minimum atomic E-state index is -0.293. The van der Waals surface area contributed by atoms with Crippen molar-refractivity contribution >= 4 is 5.97 Å². The summed E-state index contributed by atoms with van der Waals surface area (Å²) in [5, 5.41) is 0. The van der Waals surface area contributed by atoms with E-state index in [2.05, 4.69) is 4.74 Å². The second kappa shape index (κ2) is 8.25. The molecule has 1 fully saturated rings. The highest BCUT2D eigenvalue weighted by Crippen LogP contribution is 2.14. The Kier molecular flexibility index (Phi) is 6.89. The number of hydrogen-bond donors (Lipinski definition) is 0. The third-order valence-electron chi connectivity index (χ3n) is 2.72. The minimum absolute atomic E-state index is 0.0198. The Balaban J connectivity index is 2.06.